The van der Waals surface area contributed by atoms with Crippen molar-refractivity contribution in [3.05, 3.63) is 64.5 Å². The van der Waals surface area contributed by atoms with Crippen molar-refractivity contribution in [2.75, 3.05) is 6.54 Å². The molecule has 0 unspecified atom stereocenters. The van der Waals surface area contributed by atoms with Crippen LogP contribution in [0.2, 0.25) is 0 Å². The molecule has 0 saturated carbocycles. The van der Waals surface area contributed by atoms with Crippen LogP contribution in [0, 0.1) is 0 Å². The predicted octanol–water partition coefficient (Wildman–Crippen LogP) is 4.65. The van der Waals surface area contributed by atoms with Gasteiger partial charge < -0.3 is 4.42 Å². The molecule has 0 aliphatic carbocycles. The van der Waals surface area contributed by atoms with Crippen LogP contribution in [0.4, 0.5) is 0 Å². The first kappa shape index (κ1) is 14.3. The van der Waals surface area contributed by atoms with Gasteiger partial charge in [-0.05, 0) is 22.9 Å². The van der Waals surface area contributed by atoms with Gasteiger partial charge in [-0.3, -0.25) is 4.90 Å². The van der Waals surface area contributed by atoms with Gasteiger partial charge in [-0.1, -0.05) is 18.2 Å². The molecule has 3 aromatic rings. The van der Waals surface area contributed by atoms with E-state index in [9.17, 15) is 0 Å². The lowest BCUT2D eigenvalue weighted by Gasteiger charge is -2.18. The maximum Gasteiger partial charge on any atom is 0.236 e. The molecule has 3 nitrogen and oxygen atoms in total. The van der Waals surface area contributed by atoms with Crippen LogP contribution in [0.15, 0.2) is 58.4 Å². The number of aromatic nitrogens is 1. The molecule has 0 aliphatic rings. The molecule has 0 bridgehead atoms. The number of oxazole rings is 1. The van der Waals surface area contributed by atoms with Crippen molar-refractivity contribution in [2.45, 2.75) is 13.1 Å². The molecule has 0 aliphatic heterocycles. The summed E-state index contributed by atoms with van der Waals surface area (Å²) in [6, 6.07) is 8.26. The topological polar surface area (TPSA) is 29.3 Å². The monoisotopic (exact) mass is 316 g/mol. The molecule has 0 N–H and O–H groups in total. The molecule has 0 atom stereocenters. The average Bonchev–Trinajstić information content (AvgIpc) is 3.21. The summed E-state index contributed by atoms with van der Waals surface area (Å²) in [5.74, 6) is 0.703. The molecular weight excluding hydrogens is 300 g/mol. The molecule has 0 radical (unpaired) electrons. The van der Waals surface area contributed by atoms with E-state index < -0.39 is 0 Å². The number of hydrogen-bond acceptors (Lipinski definition) is 5. The molecule has 3 aromatic heterocycles. The van der Waals surface area contributed by atoms with E-state index >= 15 is 0 Å². The van der Waals surface area contributed by atoms with E-state index in [0.29, 0.717) is 5.89 Å². The zero-order valence-corrected chi connectivity index (χ0v) is 13.2. The first-order valence-corrected chi connectivity index (χ1v) is 8.45. The summed E-state index contributed by atoms with van der Waals surface area (Å²) in [7, 11) is 0. The average molecular weight is 316 g/mol. The highest BCUT2D eigenvalue weighted by molar-refractivity contribution is 7.13. The normalized spacial score (nSPS) is 11.1. The molecule has 0 amide bonds. The van der Waals surface area contributed by atoms with E-state index in [1.54, 1.807) is 28.9 Å². The Kier molecular flexibility index (Phi) is 4.65. The fourth-order valence-corrected chi connectivity index (χ4v) is 3.51. The molecule has 0 saturated heterocycles. The highest BCUT2D eigenvalue weighted by Crippen LogP contribution is 2.24. The van der Waals surface area contributed by atoms with E-state index in [-0.39, 0.29) is 0 Å². The smallest absolute Gasteiger partial charge is 0.236 e. The zero-order valence-electron chi connectivity index (χ0n) is 11.6. The Bertz CT molecular complexity index is 671. The van der Waals surface area contributed by atoms with E-state index in [1.807, 2.05) is 23.6 Å². The minimum absolute atomic E-state index is 0.703. The van der Waals surface area contributed by atoms with Crippen LogP contribution in [-0.4, -0.2) is 16.4 Å². The standard InChI is InChI=1S/C16H16N2OS2/c1-2-7-18(11-14-5-3-8-20-14)10-13-12-19-16(17-13)15-6-4-9-21-15/h2-6,8-9,12H,1,7,10-11H2. The number of rotatable bonds is 7. The third-order valence-corrected chi connectivity index (χ3v) is 4.74. The van der Waals surface area contributed by atoms with Crippen LogP contribution in [0.5, 0.6) is 0 Å². The molecule has 5 heteroatoms. The molecule has 21 heavy (non-hydrogen) atoms. The second-order valence-electron chi connectivity index (χ2n) is 4.66. The maximum absolute atomic E-state index is 5.57. The van der Waals surface area contributed by atoms with Gasteiger partial charge >= 0.3 is 0 Å². The molecule has 0 aromatic carbocycles. The molecule has 0 spiro atoms. The highest BCUT2D eigenvalue weighted by atomic mass is 32.1. The van der Waals surface area contributed by atoms with E-state index in [0.717, 1.165) is 30.2 Å². The van der Waals surface area contributed by atoms with Crippen molar-refractivity contribution in [1.29, 1.82) is 0 Å². The number of thiophene rings is 2. The third-order valence-electron chi connectivity index (χ3n) is 3.02. The zero-order chi connectivity index (χ0) is 14.5. The van der Waals surface area contributed by atoms with Crippen LogP contribution in [0.3, 0.4) is 0 Å². The molecule has 108 valence electrons. The Morgan fingerprint density at radius 3 is 2.76 bits per heavy atom. The van der Waals surface area contributed by atoms with Crippen molar-refractivity contribution in [1.82, 2.24) is 9.88 Å². The third kappa shape index (κ3) is 3.69. The second-order valence-corrected chi connectivity index (χ2v) is 6.64. The van der Waals surface area contributed by atoms with Crippen molar-refractivity contribution < 1.29 is 4.42 Å². The lowest BCUT2D eigenvalue weighted by atomic mass is 10.3. The summed E-state index contributed by atoms with van der Waals surface area (Å²) in [6.07, 6.45) is 3.67. The SMILES string of the molecule is C=CCN(Cc1coc(-c2cccs2)n1)Cc1cccs1. The van der Waals surface area contributed by atoms with Gasteiger partial charge in [0.05, 0.1) is 10.6 Å². The Labute approximate surface area is 132 Å². The van der Waals surface area contributed by atoms with Gasteiger partial charge in [0.2, 0.25) is 5.89 Å². The van der Waals surface area contributed by atoms with Crippen LogP contribution >= 0.6 is 22.7 Å². The van der Waals surface area contributed by atoms with Crippen molar-refractivity contribution in [3.8, 4) is 10.8 Å². The van der Waals surface area contributed by atoms with Crippen molar-refractivity contribution in [3.63, 3.8) is 0 Å². The minimum Gasteiger partial charge on any atom is -0.444 e. The molecule has 3 heterocycles. The molecule has 3 rings (SSSR count). The lowest BCUT2D eigenvalue weighted by molar-refractivity contribution is 0.285. The second kappa shape index (κ2) is 6.85. The van der Waals surface area contributed by atoms with Gasteiger partial charge in [-0.2, -0.15) is 0 Å². The highest BCUT2D eigenvalue weighted by Gasteiger charge is 2.11. The van der Waals surface area contributed by atoms with Gasteiger partial charge in [0, 0.05) is 24.5 Å². The fourth-order valence-electron chi connectivity index (χ4n) is 2.11. The van der Waals surface area contributed by atoms with Gasteiger partial charge in [-0.25, -0.2) is 4.98 Å². The summed E-state index contributed by atoms with van der Waals surface area (Å²) in [4.78, 5) is 9.29. The van der Waals surface area contributed by atoms with E-state index in [1.165, 1.54) is 4.88 Å². The predicted molar refractivity (Wildman–Crippen MR) is 88.4 cm³/mol. The molecule has 0 fully saturated rings. The summed E-state index contributed by atoms with van der Waals surface area (Å²) >= 11 is 3.41. The van der Waals surface area contributed by atoms with Crippen molar-refractivity contribution in [2.24, 2.45) is 0 Å². The fraction of sp³-hybridized carbons (Fsp3) is 0.188. The Hall–Kier alpha value is -1.69. The minimum atomic E-state index is 0.703. The maximum atomic E-state index is 5.57. The summed E-state index contributed by atoms with van der Waals surface area (Å²) in [5, 5.41) is 4.13. The van der Waals surface area contributed by atoms with E-state index in [4.69, 9.17) is 4.42 Å². The van der Waals surface area contributed by atoms with Crippen LogP contribution in [0.25, 0.3) is 10.8 Å². The van der Waals surface area contributed by atoms with Crippen molar-refractivity contribution >= 4 is 22.7 Å². The Morgan fingerprint density at radius 2 is 2.05 bits per heavy atom. The first-order chi connectivity index (χ1) is 10.3. The van der Waals surface area contributed by atoms with E-state index in [2.05, 4.69) is 34.0 Å². The quantitative estimate of drug-likeness (QED) is 0.594. The van der Waals surface area contributed by atoms with Gasteiger partial charge in [0.1, 0.15) is 6.26 Å². The van der Waals surface area contributed by atoms with Gasteiger partial charge in [0.15, 0.2) is 0 Å². The first-order valence-electron chi connectivity index (χ1n) is 6.69. The summed E-state index contributed by atoms with van der Waals surface area (Å²) in [5.41, 5.74) is 0.955. The summed E-state index contributed by atoms with van der Waals surface area (Å²) < 4.78 is 5.57. The number of hydrogen-bond donors (Lipinski definition) is 0. The van der Waals surface area contributed by atoms with Crippen LogP contribution in [0.1, 0.15) is 10.6 Å². The van der Waals surface area contributed by atoms with Crippen LogP contribution in [-0.2, 0) is 13.1 Å². The van der Waals surface area contributed by atoms with Gasteiger partial charge in [0.25, 0.3) is 0 Å². The summed E-state index contributed by atoms with van der Waals surface area (Å²) in [6.45, 7) is 6.34. The largest absolute Gasteiger partial charge is 0.444 e. The Morgan fingerprint density at radius 1 is 1.19 bits per heavy atom. The van der Waals surface area contributed by atoms with Crippen LogP contribution < -0.4 is 0 Å². The molecular formula is C16H16N2OS2. The Balaban J connectivity index is 1.69. The lowest BCUT2D eigenvalue weighted by Crippen LogP contribution is -2.22. The van der Waals surface area contributed by atoms with Gasteiger partial charge in [-0.15, -0.1) is 29.3 Å². The number of nitrogens with zero attached hydrogens (tertiary/aromatic N) is 2.